The van der Waals surface area contributed by atoms with E-state index in [-0.39, 0.29) is 5.97 Å². The molecule has 6 nitrogen and oxygen atoms in total. The number of nitrogens with zero attached hydrogens (tertiary/aromatic N) is 4. The SMILES string of the molecule is CCOC(=O)c1cnn(Cc2ccn(C(C)C)n2)c1. The van der Waals surface area contributed by atoms with Gasteiger partial charge in [-0.2, -0.15) is 10.2 Å². The van der Waals surface area contributed by atoms with Gasteiger partial charge in [0.15, 0.2) is 0 Å². The van der Waals surface area contributed by atoms with Gasteiger partial charge in [0.25, 0.3) is 0 Å². The third-order valence-corrected chi connectivity index (χ3v) is 2.66. The van der Waals surface area contributed by atoms with Gasteiger partial charge in [-0.3, -0.25) is 9.36 Å². The number of esters is 1. The summed E-state index contributed by atoms with van der Waals surface area (Å²) in [6.07, 6.45) is 5.12. The molecule has 0 saturated carbocycles. The molecule has 2 rings (SSSR count). The number of rotatable bonds is 5. The topological polar surface area (TPSA) is 61.9 Å². The van der Waals surface area contributed by atoms with Crippen LogP contribution in [0.4, 0.5) is 0 Å². The normalized spacial score (nSPS) is 10.9. The summed E-state index contributed by atoms with van der Waals surface area (Å²) in [6.45, 7) is 6.83. The van der Waals surface area contributed by atoms with Gasteiger partial charge in [-0.25, -0.2) is 4.79 Å². The van der Waals surface area contributed by atoms with Crippen molar-refractivity contribution in [3.63, 3.8) is 0 Å². The third-order valence-electron chi connectivity index (χ3n) is 2.66. The number of aromatic nitrogens is 4. The van der Waals surface area contributed by atoms with Crippen molar-refractivity contribution in [1.29, 1.82) is 0 Å². The highest BCUT2D eigenvalue weighted by atomic mass is 16.5. The summed E-state index contributed by atoms with van der Waals surface area (Å²) in [7, 11) is 0. The fourth-order valence-electron chi connectivity index (χ4n) is 1.69. The second-order valence-electron chi connectivity index (χ2n) is 4.53. The molecule has 0 unspecified atom stereocenters. The molecular formula is C13H18N4O2. The molecule has 0 N–H and O–H groups in total. The van der Waals surface area contributed by atoms with Crippen LogP contribution in [0.1, 0.15) is 42.9 Å². The van der Waals surface area contributed by atoms with Gasteiger partial charge in [-0.15, -0.1) is 0 Å². The van der Waals surface area contributed by atoms with Crippen LogP contribution >= 0.6 is 0 Å². The molecule has 0 radical (unpaired) electrons. The van der Waals surface area contributed by atoms with Crippen LogP contribution in [0.3, 0.4) is 0 Å². The molecule has 0 bridgehead atoms. The zero-order valence-corrected chi connectivity index (χ0v) is 11.4. The molecule has 0 aliphatic rings. The van der Waals surface area contributed by atoms with Gasteiger partial charge in [-0.1, -0.05) is 0 Å². The summed E-state index contributed by atoms with van der Waals surface area (Å²) in [4.78, 5) is 11.5. The van der Waals surface area contributed by atoms with E-state index in [0.717, 1.165) is 5.69 Å². The number of hydrogen-bond donors (Lipinski definition) is 0. The second kappa shape index (κ2) is 5.69. The number of hydrogen-bond acceptors (Lipinski definition) is 4. The Bertz CT molecular complexity index is 556. The van der Waals surface area contributed by atoms with Gasteiger partial charge in [0.05, 0.1) is 30.6 Å². The molecule has 0 aliphatic carbocycles. The van der Waals surface area contributed by atoms with E-state index in [4.69, 9.17) is 4.74 Å². The first-order chi connectivity index (χ1) is 9.10. The van der Waals surface area contributed by atoms with Crippen molar-refractivity contribution in [1.82, 2.24) is 19.6 Å². The Morgan fingerprint density at radius 1 is 1.47 bits per heavy atom. The van der Waals surface area contributed by atoms with Crippen LogP contribution in [0.5, 0.6) is 0 Å². The standard InChI is InChI=1S/C13H18N4O2/c1-4-19-13(18)11-7-14-16(8-11)9-12-5-6-17(15-12)10(2)3/h5-8,10H,4,9H2,1-3H3. The average Bonchev–Trinajstić information content (AvgIpc) is 2.99. The van der Waals surface area contributed by atoms with Crippen LogP contribution in [-0.4, -0.2) is 32.1 Å². The fourth-order valence-corrected chi connectivity index (χ4v) is 1.69. The molecular weight excluding hydrogens is 244 g/mol. The Kier molecular flexibility index (Phi) is 3.99. The van der Waals surface area contributed by atoms with Crippen molar-refractivity contribution in [3.05, 3.63) is 35.9 Å². The van der Waals surface area contributed by atoms with Gasteiger partial charge in [-0.05, 0) is 26.8 Å². The lowest BCUT2D eigenvalue weighted by molar-refractivity contribution is 0.0526. The van der Waals surface area contributed by atoms with Gasteiger partial charge in [0.1, 0.15) is 0 Å². The minimum atomic E-state index is -0.346. The maximum atomic E-state index is 11.5. The summed E-state index contributed by atoms with van der Waals surface area (Å²) >= 11 is 0. The van der Waals surface area contributed by atoms with E-state index in [1.54, 1.807) is 17.8 Å². The lowest BCUT2D eigenvalue weighted by Crippen LogP contribution is -2.05. The van der Waals surface area contributed by atoms with Crippen molar-refractivity contribution in [3.8, 4) is 0 Å². The van der Waals surface area contributed by atoms with Crippen LogP contribution in [-0.2, 0) is 11.3 Å². The van der Waals surface area contributed by atoms with E-state index in [1.807, 2.05) is 16.9 Å². The summed E-state index contributed by atoms with van der Waals surface area (Å²) in [5, 5.41) is 8.57. The number of ether oxygens (including phenoxy) is 1. The average molecular weight is 262 g/mol. The van der Waals surface area contributed by atoms with Crippen molar-refractivity contribution in [2.45, 2.75) is 33.4 Å². The Balaban J connectivity index is 2.04. The van der Waals surface area contributed by atoms with Gasteiger partial charge < -0.3 is 4.74 Å². The predicted molar refractivity (Wildman–Crippen MR) is 69.9 cm³/mol. The fraction of sp³-hybridized carbons (Fsp3) is 0.462. The number of carbonyl (C=O) groups excluding carboxylic acids is 1. The van der Waals surface area contributed by atoms with E-state index in [0.29, 0.717) is 24.8 Å². The van der Waals surface area contributed by atoms with Crippen molar-refractivity contribution in [2.24, 2.45) is 0 Å². The molecule has 2 heterocycles. The summed E-state index contributed by atoms with van der Waals surface area (Å²) in [5.74, 6) is -0.346. The van der Waals surface area contributed by atoms with E-state index in [9.17, 15) is 4.79 Å². The smallest absolute Gasteiger partial charge is 0.341 e. The molecule has 0 spiro atoms. The Hall–Kier alpha value is -2.11. The largest absolute Gasteiger partial charge is 0.462 e. The predicted octanol–water partition coefficient (Wildman–Crippen LogP) is 1.89. The van der Waals surface area contributed by atoms with E-state index in [1.165, 1.54) is 6.20 Å². The minimum Gasteiger partial charge on any atom is -0.462 e. The van der Waals surface area contributed by atoms with Crippen LogP contribution in [0.2, 0.25) is 0 Å². The highest BCUT2D eigenvalue weighted by molar-refractivity contribution is 5.88. The molecule has 102 valence electrons. The first-order valence-corrected chi connectivity index (χ1v) is 6.33. The Labute approximate surface area is 112 Å². The van der Waals surface area contributed by atoms with Crippen molar-refractivity contribution < 1.29 is 9.53 Å². The molecule has 0 aromatic carbocycles. The maximum absolute atomic E-state index is 11.5. The quantitative estimate of drug-likeness (QED) is 0.772. The molecule has 2 aromatic heterocycles. The molecule has 0 fully saturated rings. The molecule has 0 atom stereocenters. The monoisotopic (exact) mass is 262 g/mol. The lowest BCUT2D eigenvalue weighted by Gasteiger charge is -2.03. The van der Waals surface area contributed by atoms with Crippen molar-refractivity contribution in [2.75, 3.05) is 6.61 Å². The zero-order chi connectivity index (χ0) is 13.8. The highest BCUT2D eigenvalue weighted by Crippen LogP contribution is 2.07. The van der Waals surface area contributed by atoms with Gasteiger partial charge in [0.2, 0.25) is 0 Å². The zero-order valence-electron chi connectivity index (χ0n) is 11.4. The first-order valence-electron chi connectivity index (χ1n) is 6.33. The summed E-state index contributed by atoms with van der Waals surface area (Å²) < 4.78 is 8.49. The molecule has 0 saturated heterocycles. The van der Waals surface area contributed by atoms with E-state index >= 15 is 0 Å². The van der Waals surface area contributed by atoms with Crippen LogP contribution in [0.15, 0.2) is 24.7 Å². The van der Waals surface area contributed by atoms with Crippen LogP contribution in [0.25, 0.3) is 0 Å². The molecule has 0 amide bonds. The van der Waals surface area contributed by atoms with E-state index < -0.39 is 0 Å². The lowest BCUT2D eigenvalue weighted by atomic mass is 10.4. The summed E-state index contributed by atoms with van der Waals surface area (Å²) in [5.41, 5.74) is 1.37. The molecule has 0 aliphatic heterocycles. The first kappa shape index (κ1) is 13.3. The summed E-state index contributed by atoms with van der Waals surface area (Å²) in [6, 6.07) is 2.28. The number of carbonyl (C=O) groups is 1. The second-order valence-corrected chi connectivity index (χ2v) is 4.53. The maximum Gasteiger partial charge on any atom is 0.341 e. The van der Waals surface area contributed by atoms with Crippen LogP contribution < -0.4 is 0 Å². The minimum absolute atomic E-state index is 0.335. The Morgan fingerprint density at radius 3 is 2.89 bits per heavy atom. The van der Waals surface area contributed by atoms with Crippen LogP contribution in [0, 0.1) is 0 Å². The van der Waals surface area contributed by atoms with Gasteiger partial charge in [0, 0.05) is 18.4 Å². The molecule has 6 heteroatoms. The third kappa shape index (κ3) is 3.21. The Morgan fingerprint density at radius 2 is 2.26 bits per heavy atom. The molecule has 2 aromatic rings. The highest BCUT2D eigenvalue weighted by Gasteiger charge is 2.10. The van der Waals surface area contributed by atoms with E-state index in [2.05, 4.69) is 24.0 Å². The molecule has 19 heavy (non-hydrogen) atoms. The van der Waals surface area contributed by atoms with Gasteiger partial charge >= 0.3 is 5.97 Å². The van der Waals surface area contributed by atoms with Crippen molar-refractivity contribution >= 4 is 5.97 Å².